The lowest BCUT2D eigenvalue weighted by molar-refractivity contribution is -0.122. The molecule has 4 aromatic rings. The van der Waals surface area contributed by atoms with E-state index in [9.17, 15) is 9.59 Å². The Kier molecular flexibility index (Phi) is 7.97. The zero-order valence-corrected chi connectivity index (χ0v) is 22.6. The summed E-state index contributed by atoms with van der Waals surface area (Å²) in [5, 5.41) is 7.34. The summed E-state index contributed by atoms with van der Waals surface area (Å²) in [6, 6.07) is 23.5. The lowest BCUT2D eigenvalue weighted by atomic mass is 9.99. The summed E-state index contributed by atoms with van der Waals surface area (Å²) in [6.45, 7) is 2.30. The van der Waals surface area contributed by atoms with E-state index in [0.717, 1.165) is 12.0 Å². The summed E-state index contributed by atoms with van der Waals surface area (Å²) in [5.41, 5.74) is 3.27. The Morgan fingerprint density at radius 2 is 1.79 bits per heavy atom. The number of hydrogen-bond donors (Lipinski definition) is 1. The minimum Gasteiger partial charge on any atom is -0.497 e. The molecule has 0 fully saturated rings. The van der Waals surface area contributed by atoms with Gasteiger partial charge in [0.1, 0.15) is 23.9 Å². The van der Waals surface area contributed by atoms with E-state index in [1.807, 2.05) is 61.5 Å². The highest BCUT2D eigenvalue weighted by Gasteiger charge is 2.38. The molecule has 1 atom stereocenters. The molecule has 5 rings (SSSR count). The smallest absolute Gasteiger partial charge is 0.240 e. The van der Waals surface area contributed by atoms with Gasteiger partial charge in [-0.15, -0.1) is 11.8 Å². The van der Waals surface area contributed by atoms with Crippen molar-refractivity contribution >= 4 is 29.4 Å². The Morgan fingerprint density at radius 3 is 2.49 bits per heavy atom. The fourth-order valence-corrected chi connectivity index (χ4v) is 5.85. The van der Waals surface area contributed by atoms with Crippen molar-refractivity contribution in [2.75, 3.05) is 30.9 Å². The van der Waals surface area contributed by atoms with Gasteiger partial charge in [0.2, 0.25) is 11.8 Å². The standard InChI is InChI=1S/C30H29FN4O3S/c1-3-17-32-25(36)18-34-26(37)19-39-29(23-11-7-8-12-24(23)31)27-28(20-9-5-4-6-10-20)33-35(30(27)34)21-13-15-22(38-2)16-14-21/h4-16,29H,3,17-19H2,1-2H3,(H,32,36)/t29-/m0/s1. The molecule has 0 saturated carbocycles. The first-order valence-electron chi connectivity index (χ1n) is 12.8. The van der Waals surface area contributed by atoms with Crippen LogP contribution in [0.15, 0.2) is 78.9 Å². The minimum absolute atomic E-state index is 0.0750. The largest absolute Gasteiger partial charge is 0.497 e. The number of nitrogens with one attached hydrogen (secondary N) is 1. The Hall–Kier alpha value is -4.11. The van der Waals surface area contributed by atoms with Gasteiger partial charge < -0.3 is 10.1 Å². The number of hydrogen-bond acceptors (Lipinski definition) is 5. The van der Waals surface area contributed by atoms with Gasteiger partial charge in [-0.2, -0.15) is 5.10 Å². The van der Waals surface area contributed by atoms with Gasteiger partial charge in [0.15, 0.2) is 0 Å². The molecule has 200 valence electrons. The molecule has 0 saturated heterocycles. The number of ether oxygens (including phenoxy) is 1. The van der Waals surface area contributed by atoms with Gasteiger partial charge in [-0.3, -0.25) is 14.5 Å². The molecule has 1 aliphatic heterocycles. The van der Waals surface area contributed by atoms with E-state index in [2.05, 4.69) is 5.32 Å². The van der Waals surface area contributed by atoms with E-state index < -0.39 is 5.25 Å². The third-order valence-corrected chi connectivity index (χ3v) is 7.75. The first kappa shape index (κ1) is 26.5. The van der Waals surface area contributed by atoms with Crippen molar-refractivity contribution in [3.8, 4) is 22.7 Å². The number of aromatic nitrogens is 2. The summed E-state index contributed by atoms with van der Waals surface area (Å²) >= 11 is 1.34. The SMILES string of the molecule is CCCNC(=O)CN1C(=O)CS[C@@H](c2ccccc2F)c2c(-c3ccccc3)nn(-c3ccc(OC)cc3)c21. The summed E-state index contributed by atoms with van der Waals surface area (Å²) in [6.07, 6.45) is 0.776. The molecule has 0 unspecified atom stereocenters. The first-order valence-corrected chi connectivity index (χ1v) is 13.8. The van der Waals surface area contributed by atoms with E-state index in [1.165, 1.54) is 22.7 Å². The van der Waals surface area contributed by atoms with Gasteiger partial charge in [-0.1, -0.05) is 55.5 Å². The number of carbonyl (C=O) groups is 2. The van der Waals surface area contributed by atoms with Crippen molar-refractivity contribution in [2.24, 2.45) is 0 Å². The van der Waals surface area contributed by atoms with Gasteiger partial charge in [0, 0.05) is 23.2 Å². The Bertz CT molecular complexity index is 1470. The van der Waals surface area contributed by atoms with Crippen LogP contribution in [0.1, 0.15) is 29.7 Å². The molecule has 0 spiro atoms. The maximum Gasteiger partial charge on any atom is 0.240 e. The zero-order chi connectivity index (χ0) is 27.4. The molecule has 0 aliphatic carbocycles. The number of nitrogens with zero attached hydrogens (tertiary/aromatic N) is 3. The van der Waals surface area contributed by atoms with Gasteiger partial charge >= 0.3 is 0 Å². The first-order chi connectivity index (χ1) is 19.0. The van der Waals surface area contributed by atoms with Gasteiger partial charge in [0.05, 0.1) is 29.5 Å². The number of rotatable bonds is 8. The summed E-state index contributed by atoms with van der Waals surface area (Å²) < 4.78 is 22.3. The Morgan fingerprint density at radius 1 is 1.08 bits per heavy atom. The van der Waals surface area contributed by atoms with E-state index in [4.69, 9.17) is 9.84 Å². The Labute approximate surface area is 231 Å². The molecule has 2 amide bonds. The van der Waals surface area contributed by atoms with E-state index in [1.54, 1.807) is 30.0 Å². The average molecular weight is 545 g/mol. The third-order valence-electron chi connectivity index (χ3n) is 6.51. The van der Waals surface area contributed by atoms with Crippen LogP contribution in [0.2, 0.25) is 0 Å². The molecule has 2 heterocycles. The number of carbonyl (C=O) groups excluding carboxylic acids is 2. The maximum absolute atomic E-state index is 15.3. The van der Waals surface area contributed by atoms with Crippen LogP contribution in [0.25, 0.3) is 16.9 Å². The van der Waals surface area contributed by atoms with Crippen LogP contribution in [-0.2, 0) is 9.59 Å². The van der Waals surface area contributed by atoms with E-state index in [-0.39, 0.29) is 29.9 Å². The van der Waals surface area contributed by atoms with Crippen LogP contribution in [0.3, 0.4) is 0 Å². The molecule has 0 bridgehead atoms. The highest BCUT2D eigenvalue weighted by molar-refractivity contribution is 8.00. The number of anilines is 1. The third kappa shape index (κ3) is 5.40. The molecular weight excluding hydrogens is 515 g/mol. The monoisotopic (exact) mass is 544 g/mol. The number of methoxy groups -OCH3 is 1. The number of amides is 2. The molecule has 39 heavy (non-hydrogen) atoms. The predicted molar refractivity (Wildman–Crippen MR) is 152 cm³/mol. The maximum atomic E-state index is 15.3. The van der Waals surface area contributed by atoms with Gasteiger partial charge in [-0.25, -0.2) is 9.07 Å². The normalized spacial score (nSPS) is 15.0. The molecule has 3 aromatic carbocycles. The highest BCUT2D eigenvalue weighted by Crippen LogP contribution is 2.49. The second kappa shape index (κ2) is 11.7. The summed E-state index contributed by atoms with van der Waals surface area (Å²) in [7, 11) is 1.59. The number of fused-ring (bicyclic) bond motifs is 1. The lowest BCUT2D eigenvalue weighted by Gasteiger charge is -2.23. The predicted octanol–water partition coefficient (Wildman–Crippen LogP) is 5.38. The minimum atomic E-state index is -0.531. The lowest BCUT2D eigenvalue weighted by Crippen LogP contribution is -2.42. The van der Waals surface area contributed by atoms with Crippen LogP contribution >= 0.6 is 11.8 Å². The van der Waals surface area contributed by atoms with E-state index in [0.29, 0.717) is 40.6 Å². The van der Waals surface area contributed by atoms with Crippen LogP contribution in [0, 0.1) is 5.82 Å². The molecule has 9 heteroatoms. The molecule has 0 radical (unpaired) electrons. The Balaban J connectivity index is 1.79. The van der Waals surface area contributed by atoms with Crippen molar-refractivity contribution < 1.29 is 18.7 Å². The van der Waals surface area contributed by atoms with Gasteiger partial charge in [-0.05, 0) is 36.8 Å². The zero-order valence-electron chi connectivity index (χ0n) is 21.8. The number of thioether (sulfide) groups is 1. The van der Waals surface area contributed by atoms with Crippen LogP contribution in [0.4, 0.5) is 10.2 Å². The molecule has 1 N–H and O–H groups in total. The summed E-state index contributed by atoms with van der Waals surface area (Å²) in [4.78, 5) is 28.1. The fourth-order valence-electron chi connectivity index (χ4n) is 4.63. The van der Waals surface area contributed by atoms with Crippen molar-refractivity contribution in [3.63, 3.8) is 0 Å². The molecule has 7 nitrogen and oxygen atoms in total. The topological polar surface area (TPSA) is 76.5 Å². The summed E-state index contributed by atoms with van der Waals surface area (Å²) in [5.74, 6) is 0.320. The number of halogens is 1. The van der Waals surface area contributed by atoms with Crippen LogP contribution in [-0.4, -0.2) is 47.5 Å². The number of benzene rings is 3. The molecule has 1 aliphatic rings. The van der Waals surface area contributed by atoms with Crippen molar-refractivity contribution in [3.05, 3.63) is 95.8 Å². The fraction of sp³-hybridized carbons (Fsp3) is 0.233. The van der Waals surface area contributed by atoms with Crippen LogP contribution < -0.4 is 15.0 Å². The van der Waals surface area contributed by atoms with E-state index >= 15 is 4.39 Å². The quantitative estimate of drug-likeness (QED) is 0.322. The average Bonchev–Trinajstić information content (AvgIpc) is 3.30. The van der Waals surface area contributed by atoms with Gasteiger partial charge in [0.25, 0.3) is 0 Å². The second-order valence-corrected chi connectivity index (χ2v) is 10.2. The van der Waals surface area contributed by atoms with Crippen molar-refractivity contribution in [1.29, 1.82) is 0 Å². The van der Waals surface area contributed by atoms with Crippen molar-refractivity contribution in [2.45, 2.75) is 18.6 Å². The van der Waals surface area contributed by atoms with Crippen molar-refractivity contribution in [1.82, 2.24) is 15.1 Å². The molecule has 1 aromatic heterocycles. The van der Waals surface area contributed by atoms with Crippen LogP contribution in [0.5, 0.6) is 5.75 Å². The molecular formula is C30H29FN4O3S. The second-order valence-electron chi connectivity index (χ2n) is 9.10. The highest BCUT2D eigenvalue weighted by atomic mass is 32.2.